The molecule has 0 spiro atoms. The number of aliphatic carboxylic acids is 1. The molecule has 106 valence electrons. The van der Waals surface area contributed by atoms with Crippen molar-refractivity contribution in [2.45, 2.75) is 12.8 Å². The highest BCUT2D eigenvalue weighted by atomic mass is 16.4. The highest BCUT2D eigenvalue weighted by Crippen LogP contribution is 2.23. The zero-order valence-corrected chi connectivity index (χ0v) is 11.4. The zero-order valence-electron chi connectivity index (χ0n) is 11.4. The van der Waals surface area contributed by atoms with E-state index in [0.29, 0.717) is 11.3 Å². The van der Waals surface area contributed by atoms with Gasteiger partial charge in [-0.3, -0.25) is 14.4 Å². The Morgan fingerprint density at radius 3 is 2.60 bits per heavy atom. The molecule has 1 aromatic carbocycles. The molecule has 1 atom stereocenters. The molecule has 0 radical (unpaired) electrons. The van der Waals surface area contributed by atoms with E-state index in [4.69, 9.17) is 5.11 Å². The number of hydrogen-bond acceptors (Lipinski definition) is 3. The summed E-state index contributed by atoms with van der Waals surface area (Å²) in [7, 11) is 1.58. The van der Waals surface area contributed by atoms with Gasteiger partial charge in [0.05, 0.1) is 12.5 Å². The maximum Gasteiger partial charge on any atom is 0.310 e. The predicted octanol–water partition coefficient (Wildman–Crippen LogP) is 0.680. The molecule has 2 amide bonds. The highest BCUT2D eigenvalue weighted by Gasteiger charge is 2.28. The van der Waals surface area contributed by atoms with Gasteiger partial charge in [0, 0.05) is 12.7 Å². The summed E-state index contributed by atoms with van der Waals surface area (Å²) >= 11 is 0. The van der Waals surface area contributed by atoms with E-state index in [1.165, 1.54) is 9.80 Å². The number of anilines is 1. The lowest BCUT2D eigenvalue weighted by Crippen LogP contribution is -2.52. The van der Waals surface area contributed by atoms with E-state index >= 15 is 0 Å². The van der Waals surface area contributed by atoms with Crippen LogP contribution in [0.5, 0.6) is 0 Å². The van der Waals surface area contributed by atoms with Crippen molar-refractivity contribution in [3.05, 3.63) is 29.8 Å². The van der Waals surface area contributed by atoms with Crippen LogP contribution in [0.2, 0.25) is 0 Å². The normalized spacial score (nSPS) is 17.3. The number of rotatable bonds is 3. The van der Waals surface area contributed by atoms with Gasteiger partial charge in [-0.15, -0.1) is 0 Å². The molecule has 1 heterocycles. The molecule has 2 rings (SSSR count). The number of hydrogen-bond donors (Lipinski definition) is 1. The largest absolute Gasteiger partial charge is 0.481 e. The van der Waals surface area contributed by atoms with Crippen LogP contribution in [0.25, 0.3) is 0 Å². The number of carboxylic acid groups (broad SMARTS) is 1. The topological polar surface area (TPSA) is 77.9 Å². The van der Waals surface area contributed by atoms with Crippen molar-refractivity contribution < 1.29 is 19.5 Å². The third kappa shape index (κ3) is 2.64. The Morgan fingerprint density at radius 1 is 1.25 bits per heavy atom. The number of carboxylic acids is 1. The summed E-state index contributed by atoms with van der Waals surface area (Å²) < 4.78 is 0. The maximum atomic E-state index is 12.0. The summed E-state index contributed by atoms with van der Waals surface area (Å²) in [5, 5.41) is 9.02. The summed E-state index contributed by atoms with van der Waals surface area (Å²) in [6.45, 7) is 1.61. The molecule has 6 heteroatoms. The number of piperazine rings is 1. The van der Waals surface area contributed by atoms with Crippen LogP contribution in [0.1, 0.15) is 18.4 Å². The van der Waals surface area contributed by atoms with Gasteiger partial charge in [-0.25, -0.2) is 0 Å². The van der Waals surface area contributed by atoms with Crippen LogP contribution in [-0.4, -0.2) is 47.9 Å². The van der Waals surface area contributed by atoms with Crippen molar-refractivity contribution in [2.75, 3.05) is 25.0 Å². The fourth-order valence-electron chi connectivity index (χ4n) is 2.06. The smallest absolute Gasteiger partial charge is 0.310 e. The monoisotopic (exact) mass is 276 g/mol. The first-order chi connectivity index (χ1) is 9.40. The van der Waals surface area contributed by atoms with Crippen LogP contribution in [-0.2, 0) is 14.4 Å². The van der Waals surface area contributed by atoms with Crippen molar-refractivity contribution in [3.8, 4) is 0 Å². The number of benzene rings is 1. The molecule has 1 N–H and O–H groups in total. The number of amides is 2. The van der Waals surface area contributed by atoms with Crippen molar-refractivity contribution in [2.24, 2.45) is 0 Å². The van der Waals surface area contributed by atoms with E-state index in [1.54, 1.807) is 38.2 Å². The Labute approximate surface area is 116 Å². The quantitative estimate of drug-likeness (QED) is 0.880. The van der Waals surface area contributed by atoms with E-state index in [0.717, 1.165) is 0 Å². The molecule has 1 aliphatic heterocycles. The third-order valence-corrected chi connectivity index (χ3v) is 3.44. The van der Waals surface area contributed by atoms with Gasteiger partial charge < -0.3 is 14.9 Å². The lowest BCUT2D eigenvalue weighted by molar-refractivity contribution is -0.138. The van der Waals surface area contributed by atoms with E-state index in [9.17, 15) is 14.4 Å². The van der Waals surface area contributed by atoms with E-state index in [2.05, 4.69) is 0 Å². The van der Waals surface area contributed by atoms with Gasteiger partial charge in [0.2, 0.25) is 11.8 Å². The first kappa shape index (κ1) is 14.0. The minimum absolute atomic E-state index is 0.0137. The minimum Gasteiger partial charge on any atom is -0.481 e. The number of likely N-dealkylation sites (N-methyl/N-ethyl adjacent to an activating group) is 1. The molecule has 0 aromatic heterocycles. The Bertz CT molecular complexity index is 570. The molecule has 1 aliphatic rings. The van der Waals surface area contributed by atoms with Crippen LogP contribution in [0, 0.1) is 0 Å². The molecule has 0 aliphatic carbocycles. The van der Waals surface area contributed by atoms with Crippen LogP contribution in [0.3, 0.4) is 0 Å². The first-order valence-corrected chi connectivity index (χ1v) is 6.27. The molecule has 1 fully saturated rings. The fraction of sp³-hybridized carbons (Fsp3) is 0.357. The summed E-state index contributed by atoms with van der Waals surface area (Å²) in [6, 6.07) is 6.74. The summed E-state index contributed by atoms with van der Waals surface area (Å²) in [5.41, 5.74) is 1.16. The molecule has 1 unspecified atom stereocenters. The van der Waals surface area contributed by atoms with Gasteiger partial charge in [-0.1, -0.05) is 12.1 Å². The van der Waals surface area contributed by atoms with Crippen LogP contribution < -0.4 is 4.90 Å². The summed E-state index contributed by atoms with van der Waals surface area (Å²) in [4.78, 5) is 37.4. The SMILES string of the molecule is CC(C(=O)O)c1cccc(N2CC(=O)N(C)CC2=O)c1. The van der Waals surface area contributed by atoms with Crippen molar-refractivity contribution in [1.82, 2.24) is 4.90 Å². The molecule has 1 saturated heterocycles. The second-order valence-corrected chi connectivity index (χ2v) is 4.88. The van der Waals surface area contributed by atoms with Gasteiger partial charge in [0.1, 0.15) is 6.54 Å². The molecule has 0 bridgehead atoms. The van der Waals surface area contributed by atoms with Gasteiger partial charge in [0.15, 0.2) is 0 Å². The fourth-order valence-corrected chi connectivity index (χ4v) is 2.06. The lowest BCUT2D eigenvalue weighted by atomic mass is 10.0. The summed E-state index contributed by atoms with van der Waals surface area (Å²) in [6.07, 6.45) is 0. The van der Waals surface area contributed by atoms with E-state index < -0.39 is 11.9 Å². The molecule has 0 saturated carbocycles. The van der Waals surface area contributed by atoms with E-state index in [1.807, 2.05) is 0 Å². The Hall–Kier alpha value is -2.37. The molecular weight excluding hydrogens is 260 g/mol. The zero-order chi connectivity index (χ0) is 14.9. The van der Waals surface area contributed by atoms with Crippen molar-refractivity contribution in [1.29, 1.82) is 0 Å². The van der Waals surface area contributed by atoms with Crippen LogP contribution >= 0.6 is 0 Å². The Morgan fingerprint density at radius 2 is 1.95 bits per heavy atom. The van der Waals surface area contributed by atoms with Crippen molar-refractivity contribution >= 4 is 23.5 Å². The number of carbonyl (C=O) groups is 3. The first-order valence-electron chi connectivity index (χ1n) is 6.27. The van der Waals surface area contributed by atoms with Gasteiger partial charge in [-0.05, 0) is 24.6 Å². The van der Waals surface area contributed by atoms with E-state index in [-0.39, 0.29) is 24.9 Å². The van der Waals surface area contributed by atoms with Crippen LogP contribution in [0.4, 0.5) is 5.69 Å². The predicted molar refractivity (Wildman–Crippen MR) is 72.5 cm³/mol. The van der Waals surface area contributed by atoms with Crippen molar-refractivity contribution in [3.63, 3.8) is 0 Å². The van der Waals surface area contributed by atoms with Gasteiger partial charge in [0.25, 0.3) is 0 Å². The third-order valence-electron chi connectivity index (χ3n) is 3.44. The van der Waals surface area contributed by atoms with Gasteiger partial charge >= 0.3 is 5.97 Å². The second-order valence-electron chi connectivity index (χ2n) is 4.88. The molecule has 1 aromatic rings. The average molecular weight is 276 g/mol. The second kappa shape index (κ2) is 5.32. The molecular formula is C14H16N2O4. The average Bonchev–Trinajstić information content (AvgIpc) is 2.42. The Kier molecular flexibility index (Phi) is 3.74. The Balaban J connectivity index is 2.29. The number of nitrogens with zero attached hydrogens (tertiary/aromatic N) is 2. The van der Waals surface area contributed by atoms with Gasteiger partial charge in [-0.2, -0.15) is 0 Å². The molecule has 6 nitrogen and oxygen atoms in total. The maximum absolute atomic E-state index is 12.0. The highest BCUT2D eigenvalue weighted by molar-refractivity contribution is 6.04. The summed E-state index contributed by atoms with van der Waals surface area (Å²) in [5.74, 6) is -1.90. The molecule has 20 heavy (non-hydrogen) atoms. The lowest BCUT2D eigenvalue weighted by Gasteiger charge is -2.32. The standard InChI is InChI=1S/C14H16N2O4/c1-9(14(19)20)10-4-3-5-11(6-10)16-8-12(17)15(2)7-13(16)18/h3-6,9H,7-8H2,1-2H3,(H,19,20). The number of carbonyl (C=O) groups excluding carboxylic acids is 2. The minimum atomic E-state index is -0.928. The van der Waals surface area contributed by atoms with Crippen LogP contribution in [0.15, 0.2) is 24.3 Å².